The van der Waals surface area contributed by atoms with Gasteiger partial charge in [0.15, 0.2) is 0 Å². The van der Waals surface area contributed by atoms with Crippen molar-refractivity contribution in [1.82, 2.24) is 19.9 Å². The maximum absolute atomic E-state index is 11.4. The van der Waals surface area contributed by atoms with Crippen LogP contribution in [-0.4, -0.2) is 40.9 Å². The van der Waals surface area contributed by atoms with Gasteiger partial charge in [0.05, 0.1) is 39.0 Å². The van der Waals surface area contributed by atoms with Gasteiger partial charge in [-0.05, 0) is 71.8 Å². The Morgan fingerprint density at radius 2 is 1.12 bits per heavy atom. The third-order valence-electron chi connectivity index (χ3n) is 7.54. The van der Waals surface area contributed by atoms with Crippen molar-refractivity contribution in [2.75, 3.05) is 10.6 Å². The van der Waals surface area contributed by atoms with Gasteiger partial charge in [0.1, 0.15) is 30.1 Å². The number of nitrogens with one attached hydrogen (secondary N) is 2. The summed E-state index contributed by atoms with van der Waals surface area (Å²) >= 11 is 0. The van der Waals surface area contributed by atoms with Crippen LogP contribution in [0.25, 0.3) is 22.8 Å². The van der Waals surface area contributed by atoms with Gasteiger partial charge in [0.25, 0.3) is 0 Å². The Labute approximate surface area is 326 Å². The summed E-state index contributed by atoms with van der Waals surface area (Å²) in [4.78, 5) is 49.4. The van der Waals surface area contributed by atoms with Crippen molar-refractivity contribution in [3.05, 3.63) is 152 Å². The number of pyridine rings is 4. The zero-order valence-electron chi connectivity index (χ0n) is 30.8. The molecule has 6 rings (SSSR count). The van der Waals surface area contributed by atoms with E-state index < -0.39 is 9.85 Å². The smallest absolute Gasteiger partial charge is 0.311 e. The lowest BCUT2D eigenvalue weighted by Crippen LogP contribution is -2.02. The minimum Gasteiger partial charge on any atom is -0.461 e. The molecular formula is C40H34N10O7. The van der Waals surface area contributed by atoms with Crippen molar-refractivity contribution < 1.29 is 24.5 Å². The number of carbonyl (C=O) groups is 1. The normalized spacial score (nSPS) is 9.86. The van der Waals surface area contributed by atoms with Gasteiger partial charge >= 0.3 is 17.3 Å². The number of aromatic nitrogens is 4. The number of aliphatic hydroxyl groups excluding tert-OH is 1. The zero-order valence-corrected chi connectivity index (χ0v) is 30.8. The largest absolute Gasteiger partial charge is 0.461 e. The summed E-state index contributed by atoms with van der Waals surface area (Å²) in [5.41, 5.74) is 4.23. The van der Waals surface area contributed by atoms with E-state index in [0.717, 1.165) is 11.1 Å². The molecule has 6 aromatic rings. The molecule has 0 unspecified atom stereocenters. The number of hydrogen-bond acceptors (Lipinski definition) is 15. The maximum atomic E-state index is 11.4. The predicted octanol–water partition coefficient (Wildman–Crippen LogP) is 7.92. The fourth-order valence-electron chi connectivity index (χ4n) is 4.88. The van der Waals surface area contributed by atoms with E-state index in [9.17, 15) is 35.5 Å². The Morgan fingerprint density at radius 1 is 0.702 bits per heavy atom. The first kappa shape index (κ1) is 41.6. The van der Waals surface area contributed by atoms with Crippen LogP contribution in [0.4, 0.5) is 34.4 Å². The average Bonchev–Trinajstić information content (AvgIpc) is 3.24. The monoisotopic (exact) mass is 766 g/mol. The number of nitrogens with zero attached hydrogens (tertiary/aromatic N) is 8. The van der Waals surface area contributed by atoms with Crippen molar-refractivity contribution in [3.8, 4) is 34.9 Å². The lowest BCUT2D eigenvalue weighted by atomic mass is 10.1. The topological polar surface area (TPSA) is 256 Å². The van der Waals surface area contributed by atoms with Gasteiger partial charge in [-0.15, -0.1) is 0 Å². The van der Waals surface area contributed by atoms with Gasteiger partial charge in [-0.2, -0.15) is 10.5 Å². The molecular weight excluding hydrogens is 733 g/mol. The van der Waals surface area contributed by atoms with Crippen LogP contribution in [0.2, 0.25) is 0 Å². The van der Waals surface area contributed by atoms with Crippen LogP contribution >= 0.6 is 0 Å². The van der Waals surface area contributed by atoms with Crippen LogP contribution in [0, 0.1) is 42.9 Å². The Morgan fingerprint density at radius 3 is 1.49 bits per heavy atom. The number of ether oxygens (including phenoxy) is 1. The number of benzene rings is 2. The van der Waals surface area contributed by atoms with E-state index in [4.69, 9.17) is 9.84 Å². The van der Waals surface area contributed by atoms with Crippen LogP contribution in [-0.2, 0) is 22.7 Å². The molecule has 57 heavy (non-hydrogen) atoms. The first-order valence-electron chi connectivity index (χ1n) is 17.1. The van der Waals surface area contributed by atoms with Crippen molar-refractivity contribution in [3.63, 3.8) is 0 Å². The number of rotatable bonds is 11. The highest BCUT2D eigenvalue weighted by molar-refractivity contribution is 5.73. The average molecular weight is 767 g/mol. The number of carbonyl (C=O) groups excluding carboxylic acids is 1. The summed E-state index contributed by atoms with van der Waals surface area (Å²) < 4.78 is 4.93. The predicted molar refractivity (Wildman–Crippen MR) is 210 cm³/mol. The fraction of sp³-hybridized carbons (Fsp3) is 0.125. The highest BCUT2D eigenvalue weighted by Gasteiger charge is 2.20. The van der Waals surface area contributed by atoms with E-state index in [2.05, 4.69) is 30.6 Å². The molecule has 286 valence electrons. The number of esters is 1. The number of hydrogen-bond donors (Lipinski definition) is 3. The number of anilines is 4. The zero-order chi connectivity index (χ0) is 41.3. The maximum Gasteiger partial charge on any atom is 0.311 e. The summed E-state index contributed by atoms with van der Waals surface area (Å²) in [6.07, 6.45) is 3.05. The second kappa shape index (κ2) is 20.3. The molecule has 4 aromatic heterocycles. The SMILES string of the molecule is CC.CC(=O)OCc1ccc(Nc2nc(-c3ncccc3C#N)ccc2[N+](=O)[O-])cc1.N#Cc1cccnc1-c1ccc([N+](=O)[O-])c(Nc2ccc(CO)cc2)n1. The molecule has 4 heterocycles. The van der Waals surface area contributed by atoms with E-state index in [0.29, 0.717) is 45.3 Å². The molecule has 3 N–H and O–H groups in total. The van der Waals surface area contributed by atoms with Gasteiger partial charge < -0.3 is 20.5 Å². The highest BCUT2D eigenvalue weighted by atomic mass is 16.6. The van der Waals surface area contributed by atoms with Crippen LogP contribution in [0.3, 0.4) is 0 Å². The van der Waals surface area contributed by atoms with Crippen LogP contribution in [0.5, 0.6) is 0 Å². The molecule has 0 spiro atoms. The highest BCUT2D eigenvalue weighted by Crippen LogP contribution is 2.31. The fourth-order valence-corrected chi connectivity index (χ4v) is 4.88. The Kier molecular flexibility index (Phi) is 14.8. The van der Waals surface area contributed by atoms with Crippen molar-refractivity contribution in [1.29, 1.82) is 10.5 Å². The van der Waals surface area contributed by atoms with Crippen molar-refractivity contribution >= 4 is 40.4 Å². The molecule has 17 nitrogen and oxygen atoms in total. The standard InChI is InChI=1S/C20H15N5O4.C18H13N5O3.C2H6/c1-13(26)29-12-14-4-6-16(7-5-14)23-20-18(25(27)28)9-8-17(24-20)19-15(11-21)3-2-10-22-19;19-10-13-2-1-9-20-17(13)15-7-8-16(23(25)26)18(22-15)21-14-5-3-12(11-24)4-6-14;1-2/h2-10H,12H2,1H3,(H,23,24);1-9,24H,11H2,(H,21,22);1-2H3. The quantitative estimate of drug-likeness (QED) is 0.0643. The molecule has 0 amide bonds. The van der Waals surface area contributed by atoms with E-state index in [1.165, 1.54) is 43.6 Å². The third-order valence-corrected chi connectivity index (χ3v) is 7.54. The summed E-state index contributed by atoms with van der Waals surface area (Å²) in [5, 5.41) is 56.1. The number of nitro groups is 2. The molecule has 0 saturated carbocycles. The van der Waals surface area contributed by atoms with Gasteiger partial charge in [0.2, 0.25) is 11.6 Å². The van der Waals surface area contributed by atoms with Crippen LogP contribution < -0.4 is 10.6 Å². The lowest BCUT2D eigenvalue weighted by Gasteiger charge is -2.10. The van der Waals surface area contributed by atoms with Crippen molar-refractivity contribution in [2.45, 2.75) is 34.0 Å². The number of nitriles is 2. The van der Waals surface area contributed by atoms with E-state index in [-0.39, 0.29) is 42.2 Å². The third kappa shape index (κ3) is 11.2. The van der Waals surface area contributed by atoms with E-state index in [1.54, 1.807) is 72.8 Å². The lowest BCUT2D eigenvalue weighted by molar-refractivity contribution is -0.384. The molecule has 2 aromatic carbocycles. The van der Waals surface area contributed by atoms with Crippen molar-refractivity contribution in [2.24, 2.45) is 0 Å². The molecule has 17 heteroatoms. The Bertz CT molecular complexity index is 2450. The summed E-state index contributed by atoms with van der Waals surface area (Å²) in [6, 6.07) is 29.7. The Balaban J connectivity index is 0.000000243. The molecule has 0 saturated heterocycles. The molecule has 0 radical (unpaired) electrons. The Hall–Kier alpha value is -8.15. The second-order valence-electron chi connectivity index (χ2n) is 11.2. The van der Waals surface area contributed by atoms with E-state index in [1.807, 2.05) is 26.0 Å². The first-order valence-corrected chi connectivity index (χ1v) is 17.1. The molecule has 0 atom stereocenters. The summed E-state index contributed by atoms with van der Waals surface area (Å²) in [5.74, 6) is -0.316. The molecule has 0 aliphatic heterocycles. The first-order chi connectivity index (χ1) is 27.6. The van der Waals surface area contributed by atoms with Gasteiger partial charge in [-0.1, -0.05) is 38.1 Å². The van der Waals surface area contributed by atoms with E-state index >= 15 is 0 Å². The minimum atomic E-state index is -0.544. The minimum absolute atomic E-state index is 0.0229. The van der Waals surface area contributed by atoms with Crippen LogP contribution in [0.15, 0.2) is 109 Å². The van der Waals surface area contributed by atoms with Gasteiger partial charge in [-0.3, -0.25) is 35.0 Å². The molecule has 0 aliphatic rings. The molecule has 0 aliphatic carbocycles. The van der Waals surface area contributed by atoms with Crippen LogP contribution in [0.1, 0.15) is 43.0 Å². The summed E-state index contributed by atoms with van der Waals surface area (Å²) in [6.45, 7) is 5.37. The summed E-state index contributed by atoms with van der Waals surface area (Å²) in [7, 11) is 0. The molecule has 0 fully saturated rings. The molecule has 0 bridgehead atoms. The van der Waals surface area contributed by atoms with Gasteiger partial charge in [-0.25, -0.2) is 9.97 Å². The second-order valence-corrected chi connectivity index (χ2v) is 11.2. The van der Waals surface area contributed by atoms with Gasteiger partial charge in [0, 0.05) is 42.8 Å². The number of aliphatic hydroxyl groups is 1.